The minimum absolute atomic E-state index is 0.148. The van der Waals surface area contributed by atoms with Gasteiger partial charge in [-0.15, -0.1) is 0 Å². The van der Waals surface area contributed by atoms with Crippen molar-refractivity contribution < 1.29 is 26.9 Å². The molecule has 1 aliphatic heterocycles. The maximum absolute atomic E-state index is 14.1. The van der Waals surface area contributed by atoms with Crippen molar-refractivity contribution >= 4 is 0 Å². The lowest BCUT2D eigenvalue weighted by molar-refractivity contribution is -0.159. The number of benzene rings is 1. The Bertz CT molecular complexity index is 666. The number of hydroxylamine groups is 2. The van der Waals surface area contributed by atoms with Gasteiger partial charge in [0.25, 0.3) is 0 Å². The summed E-state index contributed by atoms with van der Waals surface area (Å²) >= 11 is 0. The first-order valence-corrected chi connectivity index (χ1v) is 6.51. The summed E-state index contributed by atoms with van der Waals surface area (Å²) in [4.78, 5) is 8.47. The molecule has 2 heterocycles. The molecule has 1 saturated heterocycles. The first-order valence-electron chi connectivity index (χ1n) is 6.51. The quantitative estimate of drug-likeness (QED) is 0.815. The monoisotopic (exact) mass is 317 g/mol. The smallest absolute Gasteiger partial charge is 0.329 e. The highest BCUT2D eigenvalue weighted by molar-refractivity contribution is 5.55. The molecule has 0 unspecified atom stereocenters. The second-order valence-corrected chi connectivity index (χ2v) is 4.79. The number of hydrogen-bond acceptors (Lipinski definition) is 5. The maximum Gasteiger partial charge on any atom is 0.471 e. The summed E-state index contributed by atoms with van der Waals surface area (Å²) in [7, 11) is 0. The summed E-state index contributed by atoms with van der Waals surface area (Å²) in [6.45, 7) is 1.78. The van der Waals surface area contributed by atoms with E-state index >= 15 is 0 Å². The van der Waals surface area contributed by atoms with Crippen molar-refractivity contribution in [3.05, 3.63) is 35.5 Å². The second-order valence-electron chi connectivity index (χ2n) is 4.79. The van der Waals surface area contributed by atoms with Crippen LogP contribution in [0, 0.1) is 5.82 Å². The molecule has 0 saturated carbocycles. The van der Waals surface area contributed by atoms with Gasteiger partial charge in [-0.25, -0.2) is 4.39 Å². The van der Waals surface area contributed by atoms with Crippen LogP contribution in [-0.4, -0.2) is 28.4 Å². The normalized spacial score (nSPS) is 16.4. The second kappa shape index (κ2) is 5.65. The minimum atomic E-state index is -4.76. The fourth-order valence-electron chi connectivity index (χ4n) is 2.11. The Balaban J connectivity index is 1.81. The van der Waals surface area contributed by atoms with Crippen LogP contribution in [0.25, 0.3) is 11.4 Å². The molecule has 0 bridgehead atoms. The minimum Gasteiger partial charge on any atom is -0.329 e. The van der Waals surface area contributed by atoms with E-state index in [2.05, 4.69) is 14.7 Å². The predicted molar refractivity (Wildman–Crippen MR) is 65.7 cm³/mol. The van der Waals surface area contributed by atoms with Crippen molar-refractivity contribution in [2.45, 2.75) is 19.1 Å². The van der Waals surface area contributed by atoms with E-state index in [1.165, 1.54) is 12.1 Å². The van der Waals surface area contributed by atoms with Crippen LogP contribution in [0.15, 0.2) is 22.7 Å². The summed E-state index contributed by atoms with van der Waals surface area (Å²) in [5.74, 6) is -2.66. The molecule has 9 heteroatoms. The Morgan fingerprint density at radius 3 is 2.68 bits per heavy atom. The van der Waals surface area contributed by atoms with Crippen LogP contribution >= 0.6 is 0 Å². The summed E-state index contributed by atoms with van der Waals surface area (Å²) in [5, 5.41) is 4.86. The van der Waals surface area contributed by atoms with Gasteiger partial charge in [0, 0.05) is 13.1 Å². The van der Waals surface area contributed by atoms with E-state index < -0.39 is 23.7 Å². The number of aromatic nitrogens is 2. The van der Waals surface area contributed by atoms with Gasteiger partial charge in [0.2, 0.25) is 5.82 Å². The van der Waals surface area contributed by atoms with Gasteiger partial charge in [-0.1, -0.05) is 11.2 Å². The summed E-state index contributed by atoms with van der Waals surface area (Å²) < 4.78 is 55.3. The lowest BCUT2D eigenvalue weighted by Crippen LogP contribution is -2.17. The molecule has 0 aliphatic carbocycles. The number of hydrogen-bond donors (Lipinski definition) is 0. The predicted octanol–water partition coefficient (Wildman–Crippen LogP) is 3.03. The average Bonchev–Trinajstić information content (AvgIpc) is 3.08. The molecule has 5 nitrogen and oxygen atoms in total. The van der Waals surface area contributed by atoms with Crippen LogP contribution in [0.2, 0.25) is 0 Å². The molecule has 2 aromatic rings. The summed E-state index contributed by atoms with van der Waals surface area (Å²) in [6, 6.07) is 4.14. The first-order chi connectivity index (χ1) is 10.4. The van der Waals surface area contributed by atoms with Crippen molar-refractivity contribution in [2.75, 3.05) is 13.2 Å². The lowest BCUT2D eigenvalue weighted by Gasteiger charge is -2.13. The number of alkyl halides is 3. The Hall–Kier alpha value is -2.00. The largest absolute Gasteiger partial charge is 0.471 e. The summed E-state index contributed by atoms with van der Waals surface area (Å²) in [6.07, 6.45) is -3.85. The maximum atomic E-state index is 14.1. The Morgan fingerprint density at radius 2 is 2.09 bits per heavy atom. The van der Waals surface area contributed by atoms with Crippen molar-refractivity contribution in [3.63, 3.8) is 0 Å². The molecular weight excluding hydrogens is 306 g/mol. The van der Waals surface area contributed by atoms with Crippen LogP contribution in [0.5, 0.6) is 0 Å². The van der Waals surface area contributed by atoms with Gasteiger partial charge in [0.15, 0.2) is 0 Å². The third-order valence-electron chi connectivity index (χ3n) is 3.13. The number of rotatable bonds is 3. The zero-order valence-corrected chi connectivity index (χ0v) is 11.2. The van der Waals surface area contributed by atoms with E-state index in [1.54, 1.807) is 11.1 Å². The molecule has 0 atom stereocenters. The third-order valence-corrected chi connectivity index (χ3v) is 3.13. The van der Waals surface area contributed by atoms with Gasteiger partial charge >= 0.3 is 12.1 Å². The first kappa shape index (κ1) is 14.9. The van der Waals surface area contributed by atoms with Crippen molar-refractivity contribution in [2.24, 2.45) is 0 Å². The Kier molecular flexibility index (Phi) is 3.83. The number of nitrogens with zero attached hydrogens (tertiary/aromatic N) is 3. The molecule has 1 aromatic heterocycles. The fraction of sp³-hybridized carbons (Fsp3) is 0.385. The van der Waals surface area contributed by atoms with Crippen molar-refractivity contribution in [1.82, 2.24) is 15.2 Å². The van der Waals surface area contributed by atoms with Gasteiger partial charge in [0.05, 0.1) is 12.2 Å². The molecule has 22 heavy (non-hydrogen) atoms. The Morgan fingerprint density at radius 1 is 1.27 bits per heavy atom. The average molecular weight is 317 g/mol. The van der Waals surface area contributed by atoms with Gasteiger partial charge < -0.3 is 4.52 Å². The van der Waals surface area contributed by atoms with E-state index in [0.717, 1.165) is 13.0 Å². The van der Waals surface area contributed by atoms with E-state index in [9.17, 15) is 17.6 Å². The molecule has 1 aromatic carbocycles. The Labute approximate surface area is 122 Å². The van der Waals surface area contributed by atoms with E-state index in [-0.39, 0.29) is 5.56 Å². The molecule has 118 valence electrons. The van der Waals surface area contributed by atoms with Crippen molar-refractivity contribution in [1.29, 1.82) is 0 Å². The zero-order chi connectivity index (χ0) is 15.7. The van der Waals surface area contributed by atoms with Gasteiger partial charge in [-0.3, -0.25) is 4.84 Å². The molecule has 0 amide bonds. The molecule has 0 radical (unpaired) electrons. The molecule has 3 rings (SSSR count). The van der Waals surface area contributed by atoms with Crippen LogP contribution in [-0.2, 0) is 17.6 Å². The van der Waals surface area contributed by atoms with E-state index in [0.29, 0.717) is 18.7 Å². The standard InChI is InChI=1S/C13H11F4N3O2/c14-10-6-8(7-20-4-1-5-21-20)2-3-9(10)11-18-12(22-19-11)13(15,16)17/h2-3,6H,1,4-5,7H2. The van der Waals surface area contributed by atoms with Gasteiger partial charge in [-0.05, 0) is 24.1 Å². The highest BCUT2D eigenvalue weighted by atomic mass is 19.4. The van der Waals surface area contributed by atoms with Crippen LogP contribution in [0.1, 0.15) is 17.9 Å². The molecule has 1 fully saturated rings. The van der Waals surface area contributed by atoms with Crippen LogP contribution < -0.4 is 0 Å². The van der Waals surface area contributed by atoms with E-state index in [4.69, 9.17) is 4.84 Å². The molecular formula is C13H11F4N3O2. The SMILES string of the molecule is Fc1cc(CN2CCCO2)ccc1-c1noc(C(F)(F)F)n1. The van der Waals surface area contributed by atoms with Gasteiger partial charge in [-0.2, -0.15) is 23.2 Å². The third kappa shape index (κ3) is 3.09. The highest BCUT2D eigenvalue weighted by Crippen LogP contribution is 2.30. The topological polar surface area (TPSA) is 51.4 Å². The zero-order valence-electron chi connectivity index (χ0n) is 11.2. The molecule has 1 aliphatic rings. The van der Waals surface area contributed by atoms with Crippen LogP contribution in [0.4, 0.5) is 17.6 Å². The number of halogens is 4. The summed E-state index contributed by atoms with van der Waals surface area (Å²) in [5.41, 5.74) is 0.494. The highest BCUT2D eigenvalue weighted by Gasteiger charge is 2.38. The fourth-order valence-corrected chi connectivity index (χ4v) is 2.11. The lowest BCUT2D eigenvalue weighted by atomic mass is 10.1. The molecule has 0 N–H and O–H groups in total. The van der Waals surface area contributed by atoms with E-state index in [1.807, 2.05) is 0 Å². The van der Waals surface area contributed by atoms with Gasteiger partial charge in [0.1, 0.15) is 5.82 Å². The molecule has 0 spiro atoms. The van der Waals surface area contributed by atoms with Crippen molar-refractivity contribution in [3.8, 4) is 11.4 Å². The van der Waals surface area contributed by atoms with Crippen LogP contribution in [0.3, 0.4) is 0 Å².